The number of anilines is 1. The summed E-state index contributed by atoms with van der Waals surface area (Å²) in [5.41, 5.74) is 1.30. The molecule has 1 N–H and O–H groups in total. The van der Waals surface area contributed by atoms with Gasteiger partial charge in [0.2, 0.25) is 5.91 Å². The van der Waals surface area contributed by atoms with Gasteiger partial charge in [0.05, 0.1) is 10.6 Å². The molecule has 1 atom stereocenters. The Morgan fingerprint density at radius 1 is 0.935 bits per heavy atom. The van der Waals surface area contributed by atoms with Crippen LogP contribution in [0.25, 0.3) is 0 Å². The van der Waals surface area contributed by atoms with Crippen LogP contribution in [0.2, 0.25) is 10.0 Å². The van der Waals surface area contributed by atoms with E-state index in [0.29, 0.717) is 6.54 Å². The molecule has 0 aliphatic rings. The number of rotatable bonds is 8. The lowest BCUT2D eigenvalue weighted by atomic mass is 10.0. The van der Waals surface area contributed by atoms with Gasteiger partial charge in [-0.15, -0.1) is 0 Å². The van der Waals surface area contributed by atoms with E-state index in [1.54, 1.807) is 18.2 Å². The van der Waals surface area contributed by atoms with Gasteiger partial charge in [-0.3, -0.25) is 9.10 Å². The van der Waals surface area contributed by atoms with Crippen LogP contribution in [-0.4, -0.2) is 27.4 Å². The first-order valence-corrected chi connectivity index (χ1v) is 11.8. The van der Waals surface area contributed by atoms with Crippen LogP contribution < -0.4 is 9.62 Å². The second-order valence-electron chi connectivity index (χ2n) is 7.07. The van der Waals surface area contributed by atoms with Crippen LogP contribution in [0.3, 0.4) is 0 Å². The number of hydrogen-bond donors (Lipinski definition) is 1. The third kappa shape index (κ3) is 6.00. The molecule has 0 fully saturated rings. The van der Waals surface area contributed by atoms with Gasteiger partial charge < -0.3 is 5.32 Å². The van der Waals surface area contributed by atoms with Gasteiger partial charge in [-0.05, 0) is 41.8 Å². The Bertz CT molecular complexity index is 1120. The number of nitrogens with zero attached hydrogens (tertiary/aromatic N) is 1. The number of nitrogens with one attached hydrogen (secondary N) is 1. The standard InChI is InChI=1S/C23H22Cl2N2O3S/c1-17(18-8-4-2-5-9-18)15-26-23(28)16-27(21-13-19(24)12-20(25)14-21)31(29,30)22-10-6-3-7-11-22/h2-14,17H,15-16H2,1H3,(H,26,28)/t17-/m0/s1. The SMILES string of the molecule is C[C@@H](CNC(=O)CN(c1cc(Cl)cc(Cl)c1)S(=O)(=O)c1ccccc1)c1ccccc1. The molecule has 0 aliphatic carbocycles. The van der Waals surface area contributed by atoms with Crippen molar-refractivity contribution < 1.29 is 13.2 Å². The van der Waals surface area contributed by atoms with Gasteiger partial charge in [-0.1, -0.05) is 78.7 Å². The minimum Gasteiger partial charge on any atom is -0.354 e. The summed E-state index contributed by atoms with van der Waals surface area (Å²) in [6, 6.07) is 22.1. The summed E-state index contributed by atoms with van der Waals surface area (Å²) in [6.07, 6.45) is 0. The molecule has 0 aromatic heterocycles. The number of benzene rings is 3. The van der Waals surface area contributed by atoms with Gasteiger partial charge in [0.15, 0.2) is 0 Å². The Kier molecular flexibility index (Phi) is 7.59. The molecule has 31 heavy (non-hydrogen) atoms. The molecule has 162 valence electrons. The van der Waals surface area contributed by atoms with Crippen LogP contribution >= 0.6 is 23.2 Å². The lowest BCUT2D eigenvalue weighted by molar-refractivity contribution is -0.119. The Balaban J connectivity index is 1.84. The average molecular weight is 477 g/mol. The molecule has 0 aliphatic heterocycles. The van der Waals surface area contributed by atoms with E-state index in [-0.39, 0.29) is 26.5 Å². The van der Waals surface area contributed by atoms with E-state index in [1.807, 2.05) is 37.3 Å². The van der Waals surface area contributed by atoms with Crippen molar-refractivity contribution in [3.8, 4) is 0 Å². The van der Waals surface area contributed by atoms with Crippen molar-refractivity contribution in [2.45, 2.75) is 17.7 Å². The Morgan fingerprint density at radius 2 is 1.48 bits per heavy atom. The molecular formula is C23H22Cl2N2O3S. The second kappa shape index (κ2) is 10.2. The zero-order valence-corrected chi connectivity index (χ0v) is 19.2. The highest BCUT2D eigenvalue weighted by Gasteiger charge is 2.27. The quantitative estimate of drug-likeness (QED) is 0.491. The topological polar surface area (TPSA) is 66.5 Å². The monoisotopic (exact) mass is 476 g/mol. The summed E-state index contributed by atoms with van der Waals surface area (Å²) in [7, 11) is -4.02. The average Bonchev–Trinajstić information content (AvgIpc) is 2.76. The van der Waals surface area contributed by atoms with Crippen LogP contribution in [0.4, 0.5) is 5.69 Å². The summed E-state index contributed by atoms with van der Waals surface area (Å²) < 4.78 is 27.6. The number of halogens is 2. The van der Waals surface area contributed by atoms with Gasteiger partial charge in [0, 0.05) is 16.6 Å². The molecule has 8 heteroatoms. The van der Waals surface area contributed by atoms with Crippen LogP contribution in [0, 0.1) is 0 Å². The van der Waals surface area contributed by atoms with E-state index >= 15 is 0 Å². The molecule has 3 aromatic rings. The van der Waals surface area contributed by atoms with Crippen LogP contribution in [0.5, 0.6) is 0 Å². The summed E-state index contributed by atoms with van der Waals surface area (Å²) in [5.74, 6) is -0.358. The molecule has 5 nitrogen and oxygen atoms in total. The van der Waals surface area contributed by atoms with Crippen LogP contribution in [0.15, 0.2) is 83.8 Å². The highest BCUT2D eigenvalue weighted by atomic mass is 35.5. The van der Waals surface area contributed by atoms with Gasteiger partial charge in [-0.2, -0.15) is 0 Å². The fourth-order valence-electron chi connectivity index (χ4n) is 3.07. The Labute approximate surface area is 192 Å². The Morgan fingerprint density at radius 3 is 2.06 bits per heavy atom. The number of hydrogen-bond acceptors (Lipinski definition) is 3. The van der Waals surface area contributed by atoms with Crippen molar-refractivity contribution in [1.29, 1.82) is 0 Å². The predicted octanol–water partition coefficient (Wildman–Crippen LogP) is 5.11. The molecule has 0 bridgehead atoms. The highest BCUT2D eigenvalue weighted by molar-refractivity contribution is 7.92. The van der Waals surface area contributed by atoms with Gasteiger partial charge in [0.1, 0.15) is 6.54 Å². The first-order chi connectivity index (χ1) is 14.8. The molecule has 0 radical (unpaired) electrons. The lowest BCUT2D eigenvalue weighted by Crippen LogP contribution is -2.41. The minimum absolute atomic E-state index is 0.0663. The van der Waals surface area contributed by atoms with E-state index in [9.17, 15) is 13.2 Å². The molecule has 0 spiro atoms. The summed E-state index contributed by atoms with van der Waals surface area (Å²) in [4.78, 5) is 12.8. The van der Waals surface area contributed by atoms with E-state index in [1.165, 1.54) is 30.3 Å². The van der Waals surface area contributed by atoms with Crippen molar-refractivity contribution in [2.75, 3.05) is 17.4 Å². The molecule has 0 heterocycles. The maximum atomic E-state index is 13.3. The van der Waals surface area contributed by atoms with Crippen molar-refractivity contribution in [3.05, 3.63) is 94.5 Å². The van der Waals surface area contributed by atoms with Crippen molar-refractivity contribution in [3.63, 3.8) is 0 Å². The van der Waals surface area contributed by atoms with Crippen LogP contribution in [0.1, 0.15) is 18.4 Å². The molecule has 0 saturated heterocycles. The third-order valence-corrected chi connectivity index (χ3v) is 6.95. The maximum Gasteiger partial charge on any atom is 0.264 e. The number of carbonyl (C=O) groups excluding carboxylic acids is 1. The van der Waals surface area contributed by atoms with E-state index in [2.05, 4.69) is 5.32 Å². The first-order valence-electron chi connectivity index (χ1n) is 9.63. The van der Waals surface area contributed by atoms with Crippen molar-refractivity contribution >= 4 is 44.8 Å². The minimum atomic E-state index is -4.02. The molecule has 3 rings (SSSR count). The smallest absolute Gasteiger partial charge is 0.264 e. The highest BCUT2D eigenvalue weighted by Crippen LogP contribution is 2.29. The van der Waals surface area contributed by atoms with E-state index in [4.69, 9.17) is 23.2 Å². The van der Waals surface area contributed by atoms with Crippen molar-refractivity contribution in [1.82, 2.24) is 5.32 Å². The van der Waals surface area contributed by atoms with Gasteiger partial charge >= 0.3 is 0 Å². The molecule has 0 unspecified atom stereocenters. The summed E-state index contributed by atoms with van der Waals surface area (Å²) in [5, 5.41) is 3.37. The van der Waals surface area contributed by atoms with Gasteiger partial charge in [-0.25, -0.2) is 8.42 Å². The fraction of sp³-hybridized carbons (Fsp3) is 0.174. The first kappa shape index (κ1) is 23.1. The van der Waals surface area contributed by atoms with Crippen molar-refractivity contribution in [2.24, 2.45) is 0 Å². The second-order valence-corrected chi connectivity index (χ2v) is 9.80. The largest absolute Gasteiger partial charge is 0.354 e. The number of amides is 1. The Hall–Kier alpha value is -2.54. The zero-order valence-electron chi connectivity index (χ0n) is 16.8. The van der Waals surface area contributed by atoms with Gasteiger partial charge in [0.25, 0.3) is 10.0 Å². The van der Waals surface area contributed by atoms with E-state index < -0.39 is 22.5 Å². The normalized spacial score (nSPS) is 12.2. The third-order valence-electron chi connectivity index (χ3n) is 4.73. The summed E-state index contributed by atoms with van der Waals surface area (Å²) >= 11 is 12.2. The zero-order chi connectivity index (χ0) is 22.4. The van der Waals surface area contributed by atoms with Crippen LogP contribution in [-0.2, 0) is 14.8 Å². The molecule has 1 amide bonds. The molecular weight excluding hydrogens is 455 g/mol. The fourth-order valence-corrected chi connectivity index (χ4v) is 5.01. The number of carbonyl (C=O) groups is 1. The lowest BCUT2D eigenvalue weighted by Gasteiger charge is -2.25. The molecule has 0 saturated carbocycles. The molecule has 3 aromatic carbocycles. The van der Waals surface area contributed by atoms with E-state index in [0.717, 1.165) is 9.87 Å². The summed E-state index contributed by atoms with van der Waals surface area (Å²) in [6.45, 7) is 1.96. The maximum absolute atomic E-state index is 13.3. The number of sulfonamides is 1. The predicted molar refractivity (Wildman–Crippen MR) is 125 cm³/mol.